The Bertz CT molecular complexity index is 2200. The van der Waals surface area contributed by atoms with Crippen LogP contribution in [0.2, 0.25) is 0 Å². The fourth-order valence-electron chi connectivity index (χ4n) is 11.9. The number of aliphatic imine (C=N–C) groups is 2. The molecule has 0 amide bonds. The predicted octanol–water partition coefficient (Wildman–Crippen LogP) is 20.9. The molecule has 0 saturated heterocycles. The predicted molar refractivity (Wildman–Crippen MR) is 346 cm³/mol. The van der Waals surface area contributed by atoms with Gasteiger partial charge in [0.2, 0.25) is 0 Å². The number of nitrogens with zero attached hydrogens (tertiary/aromatic N) is 2. The molecule has 0 spiro atoms. The van der Waals surface area contributed by atoms with Gasteiger partial charge in [0.05, 0.1) is 12.1 Å². The summed E-state index contributed by atoms with van der Waals surface area (Å²) in [5.74, 6) is 3.21. The van der Waals surface area contributed by atoms with E-state index in [2.05, 4.69) is 154 Å². The highest BCUT2D eigenvalue weighted by Gasteiger charge is 2.51. The normalized spacial score (nSPS) is 15.6. The fourth-order valence-corrected chi connectivity index (χ4v) is 11.9. The van der Waals surface area contributed by atoms with Gasteiger partial charge in [-0.25, -0.2) is 9.98 Å². The van der Waals surface area contributed by atoms with Crippen LogP contribution >= 0.6 is 0 Å². The molecule has 6 heteroatoms. The van der Waals surface area contributed by atoms with Crippen molar-refractivity contribution in [3.63, 3.8) is 0 Å². The zero-order valence-corrected chi connectivity index (χ0v) is 53.3. The molecule has 0 radical (unpaired) electrons. The van der Waals surface area contributed by atoms with Gasteiger partial charge in [-0.3, -0.25) is 0 Å². The topological polar surface area (TPSA) is 61.6 Å². The van der Waals surface area contributed by atoms with Crippen molar-refractivity contribution in [1.82, 2.24) is 0 Å². The molecule has 0 bridgehead atoms. The van der Waals surface area contributed by atoms with Crippen molar-refractivity contribution in [3.8, 4) is 11.5 Å². The lowest BCUT2D eigenvalue weighted by Gasteiger charge is -2.32. The highest BCUT2D eigenvalue weighted by molar-refractivity contribution is 6.07. The van der Waals surface area contributed by atoms with E-state index in [4.69, 9.17) is 28.9 Å². The van der Waals surface area contributed by atoms with Crippen molar-refractivity contribution in [3.05, 3.63) is 129 Å². The van der Waals surface area contributed by atoms with E-state index in [1.165, 1.54) is 187 Å². The molecule has 6 rings (SSSR count). The summed E-state index contributed by atoms with van der Waals surface area (Å²) in [7, 11) is 0. The Kier molecular flexibility index (Phi) is 28.2. The highest BCUT2D eigenvalue weighted by atomic mass is 16.5. The van der Waals surface area contributed by atoms with E-state index in [0.717, 1.165) is 60.1 Å². The lowest BCUT2D eigenvalue weighted by Crippen LogP contribution is -2.44. The molecular formula is C75H114N2O4. The van der Waals surface area contributed by atoms with Gasteiger partial charge in [-0.05, 0) is 144 Å². The van der Waals surface area contributed by atoms with Crippen LogP contribution in [0.1, 0.15) is 268 Å². The highest BCUT2D eigenvalue weighted by Crippen LogP contribution is 2.42. The summed E-state index contributed by atoms with van der Waals surface area (Å²) in [6, 6.07) is 32.1. The smallest absolute Gasteiger partial charge is 0.200 e. The summed E-state index contributed by atoms with van der Waals surface area (Å²) in [6.45, 7) is 24.9. The SMILES string of the molecule is CCCCCCCCc1cc(CCCCCCCC)cc(COc2ccc(CC(Cc3ccc(OCc4cc(CCCCCCCC)cc(CCCCCCCC)c4)cc3)(C3=N[C@@H](C(C)(C)C)CO3)C3=N[C@@H](C(C)(C)C)CO3)cc2)c1. The van der Waals surface area contributed by atoms with Gasteiger partial charge in [-0.15, -0.1) is 0 Å². The van der Waals surface area contributed by atoms with E-state index in [1.54, 1.807) is 0 Å². The van der Waals surface area contributed by atoms with Crippen molar-refractivity contribution in [2.75, 3.05) is 13.2 Å². The van der Waals surface area contributed by atoms with Gasteiger partial charge in [0.1, 0.15) is 43.3 Å². The van der Waals surface area contributed by atoms with E-state index >= 15 is 0 Å². The van der Waals surface area contributed by atoms with E-state index < -0.39 is 5.41 Å². The average molecular weight is 1110 g/mol. The van der Waals surface area contributed by atoms with Crippen molar-refractivity contribution < 1.29 is 18.9 Å². The summed E-state index contributed by atoms with van der Waals surface area (Å²) in [5, 5.41) is 0. The van der Waals surface area contributed by atoms with Crippen LogP contribution in [0.5, 0.6) is 11.5 Å². The minimum absolute atomic E-state index is 0.0186. The molecule has 448 valence electrons. The van der Waals surface area contributed by atoms with Gasteiger partial charge in [0.15, 0.2) is 11.8 Å². The summed E-state index contributed by atoms with van der Waals surface area (Å²) < 4.78 is 26.9. The molecule has 2 aliphatic rings. The maximum atomic E-state index is 6.82. The molecule has 4 aromatic carbocycles. The average Bonchev–Trinajstić information content (AvgIpc) is 4.27. The van der Waals surface area contributed by atoms with Crippen LogP contribution < -0.4 is 9.47 Å². The number of hydrogen-bond acceptors (Lipinski definition) is 6. The third-order valence-electron chi connectivity index (χ3n) is 17.3. The van der Waals surface area contributed by atoms with Crippen molar-refractivity contribution in [2.45, 2.75) is 287 Å². The van der Waals surface area contributed by atoms with Crippen molar-refractivity contribution >= 4 is 11.8 Å². The standard InChI is InChI=1S/C75H114N2O4/c1-11-15-19-23-27-31-35-61-47-62(36-32-28-24-20-16-12-2)50-65(49-61)55-78-67-43-39-59(40-44-67)53-75(71-76-69(57-80-71)73(5,6)7,72-77-70(58-81-72)74(8,9)10)54-60-41-45-68(46-42-60)79-56-66-51-63(37-33-29-25-21-17-13-3)48-64(52-66)38-34-30-26-22-18-14-4/h39-52,69-70H,11-38,53-58H2,1-10H3/t69-,70-/m1/s1. The molecule has 2 heterocycles. The Morgan fingerprint density at radius 2 is 0.630 bits per heavy atom. The second kappa shape index (κ2) is 34.9. The van der Waals surface area contributed by atoms with E-state index in [1.807, 2.05) is 0 Å². The molecule has 2 aliphatic heterocycles. The minimum atomic E-state index is -0.767. The number of rotatable bonds is 40. The number of benzene rings is 4. The minimum Gasteiger partial charge on any atom is -0.489 e. The van der Waals surface area contributed by atoms with Crippen LogP contribution in [0.15, 0.2) is 94.9 Å². The van der Waals surface area contributed by atoms with E-state index in [-0.39, 0.29) is 22.9 Å². The second-order valence-electron chi connectivity index (χ2n) is 26.9. The number of unbranched alkanes of at least 4 members (excludes halogenated alkanes) is 20. The first-order valence-electron chi connectivity index (χ1n) is 33.3. The van der Waals surface area contributed by atoms with Gasteiger partial charge in [0.25, 0.3) is 0 Å². The first-order valence-corrected chi connectivity index (χ1v) is 33.3. The Morgan fingerprint density at radius 1 is 0.358 bits per heavy atom. The maximum Gasteiger partial charge on any atom is 0.200 e. The number of hydrogen-bond donors (Lipinski definition) is 0. The quantitative estimate of drug-likeness (QED) is 0.0417. The summed E-state index contributed by atoms with van der Waals surface area (Å²) >= 11 is 0. The van der Waals surface area contributed by atoms with Crippen LogP contribution in [0.4, 0.5) is 0 Å². The monoisotopic (exact) mass is 1110 g/mol. The van der Waals surface area contributed by atoms with E-state index in [0.29, 0.717) is 39.3 Å². The van der Waals surface area contributed by atoms with Crippen molar-refractivity contribution in [2.24, 2.45) is 26.2 Å². The summed E-state index contributed by atoms with van der Waals surface area (Å²) in [4.78, 5) is 10.9. The lowest BCUT2D eigenvalue weighted by atomic mass is 9.75. The Labute approximate surface area is 495 Å². The zero-order valence-electron chi connectivity index (χ0n) is 53.3. The molecule has 0 aromatic heterocycles. The molecule has 0 N–H and O–H groups in total. The van der Waals surface area contributed by atoms with Gasteiger partial charge in [-0.1, -0.05) is 258 Å². The molecule has 0 aliphatic carbocycles. The van der Waals surface area contributed by atoms with Gasteiger partial charge in [-0.2, -0.15) is 0 Å². The Hall–Kier alpha value is -4.58. The summed E-state index contributed by atoms with van der Waals surface area (Å²) in [5.41, 5.74) is 9.82. The first-order chi connectivity index (χ1) is 39.2. The van der Waals surface area contributed by atoms with E-state index in [9.17, 15) is 0 Å². The fraction of sp³-hybridized carbons (Fsp3) is 0.653. The number of aryl methyl sites for hydroxylation is 4. The molecule has 4 aromatic rings. The third-order valence-corrected chi connectivity index (χ3v) is 17.3. The lowest BCUT2D eigenvalue weighted by molar-refractivity contribution is 0.207. The third kappa shape index (κ3) is 22.8. The Balaban J connectivity index is 1.21. The molecule has 0 fully saturated rings. The molecule has 2 atom stereocenters. The van der Waals surface area contributed by atoms with Crippen LogP contribution in [-0.2, 0) is 61.2 Å². The van der Waals surface area contributed by atoms with Crippen LogP contribution in [0.3, 0.4) is 0 Å². The molecule has 0 unspecified atom stereocenters. The molecule has 0 saturated carbocycles. The van der Waals surface area contributed by atoms with Crippen LogP contribution in [0, 0.1) is 16.2 Å². The van der Waals surface area contributed by atoms with Crippen LogP contribution in [0.25, 0.3) is 0 Å². The number of ether oxygens (including phenoxy) is 4. The maximum absolute atomic E-state index is 6.82. The van der Waals surface area contributed by atoms with Gasteiger partial charge < -0.3 is 18.9 Å². The van der Waals surface area contributed by atoms with Gasteiger partial charge >= 0.3 is 0 Å². The molecule has 6 nitrogen and oxygen atoms in total. The largest absolute Gasteiger partial charge is 0.489 e. The Morgan fingerprint density at radius 3 is 0.901 bits per heavy atom. The zero-order chi connectivity index (χ0) is 57.8. The first kappa shape index (κ1) is 65.6. The van der Waals surface area contributed by atoms with Gasteiger partial charge in [0, 0.05) is 0 Å². The summed E-state index contributed by atoms with van der Waals surface area (Å²) in [6.07, 6.45) is 37.4. The van der Waals surface area contributed by atoms with Crippen molar-refractivity contribution in [1.29, 1.82) is 0 Å². The van der Waals surface area contributed by atoms with Crippen LogP contribution in [-0.4, -0.2) is 37.1 Å². The molecule has 81 heavy (non-hydrogen) atoms. The molecular weight excluding hydrogens is 993 g/mol. The second-order valence-corrected chi connectivity index (χ2v) is 26.9.